The topological polar surface area (TPSA) is 76.8 Å². The SMILES string of the molecule is CCOc1ccc(-n2c(C)c3c(C)nnc(NCC4C=NN(CC)C4)c3c2C)c(OC)c1. The maximum absolute atomic E-state index is 5.72. The highest BCUT2D eigenvalue weighted by Crippen LogP contribution is 2.37. The average Bonchev–Trinajstić information content (AvgIpc) is 3.36. The number of aryl methyl sites for hydroxylation is 3. The number of hydrogen-bond donors (Lipinski definition) is 1. The van der Waals surface area contributed by atoms with E-state index in [0.717, 1.165) is 70.5 Å². The molecule has 170 valence electrons. The highest BCUT2D eigenvalue weighted by atomic mass is 16.5. The third-order valence-electron chi connectivity index (χ3n) is 6.03. The van der Waals surface area contributed by atoms with Gasteiger partial charge in [-0.2, -0.15) is 10.2 Å². The Balaban J connectivity index is 1.75. The number of fused-ring (bicyclic) bond motifs is 1. The molecular weight excluding hydrogens is 404 g/mol. The van der Waals surface area contributed by atoms with E-state index in [1.54, 1.807) is 7.11 Å². The fourth-order valence-corrected chi connectivity index (χ4v) is 4.49. The van der Waals surface area contributed by atoms with Crippen LogP contribution in [-0.2, 0) is 0 Å². The quantitative estimate of drug-likeness (QED) is 0.573. The molecule has 2 aromatic heterocycles. The summed E-state index contributed by atoms with van der Waals surface area (Å²) in [7, 11) is 1.69. The van der Waals surface area contributed by atoms with Gasteiger partial charge in [-0.05, 0) is 46.8 Å². The minimum Gasteiger partial charge on any atom is -0.494 e. The number of hydrogen-bond acceptors (Lipinski definition) is 7. The number of methoxy groups -OCH3 is 1. The van der Waals surface area contributed by atoms with Crippen LogP contribution in [0.3, 0.4) is 0 Å². The van der Waals surface area contributed by atoms with Gasteiger partial charge in [0.15, 0.2) is 5.82 Å². The van der Waals surface area contributed by atoms with Crippen molar-refractivity contribution in [3.05, 3.63) is 35.3 Å². The molecule has 1 aliphatic rings. The molecular formula is C24H32N6O2. The lowest BCUT2D eigenvalue weighted by atomic mass is 10.1. The van der Waals surface area contributed by atoms with Crippen LogP contribution in [0.1, 0.15) is 30.9 Å². The molecule has 0 saturated carbocycles. The molecule has 1 aliphatic heterocycles. The molecule has 0 bridgehead atoms. The number of hydrazone groups is 1. The molecule has 1 unspecified atom stereocenters. The van der Waals surface area contributed by atoms with Gasteiger partial charge >= 0.3 is 0 Å². The lowest BCUT2D eigenvalue weighted by Crippen LogP contribution is -2.23. The monoisotopic (exact) mass is 436 g/mol. The van der Waals surface area contributed by atoms with E-state index in [-0.39, 0.29) is 0 Å². The van der Waals surface area contributed by atoms with Crippen molar-refractivity contribution < 1.29 is 9.47 Å². The zero-order valence-corrected chi connectivity index (χ0v) is 19.8. The standard InChI is InChI=1S/C24H32N6O2/c1-7-29-14-18(13-26-29)12-25-24-23-17(5)30(16(4)22(23)15(3)27-28-24)20-10-9-19(32-8-2)11-21(20)31-6/h9-11,13,18H,7-8,12,14H2,1-6H3,(H,25,28). The Morgan fingerprint density at radius 3 is 2.56 bits per heavy atom. The fourth-order valence-electron chi connectivity index (χ4n) is 4.49. The maximum Gasteiger partial charge on any atom is 0.158 e. The minimum atomic E-state index is 0.350. The van der Waals surface area contributed by atoms with Crippen molar-refractivity contribution >= 4 is 22.8 Å². The van der Waals surface area contributed by atoms with Crippen LogP contribution in [0.4, 0.5) is 5.82 Å². The first-order chi connectivity index (χ1) is 15.5. The average molecular weight is 437 g/mol. The molecule has 0 spiro atoms. The molecule has 1 aromatic carbocycles. The lowest BCUT2D eigenvalue weighted by Gasteiger charge is -2.15. The first-order valence-corrected chi connectivity index (χ1v) is 11.2. The fraction of sp³-hybridized carbons (Fsp3) is 0.458. The third kappa shape index (κ3) is 3.85. The first kappa shape index (κ1) is 21.9. The summed E-state index contributed by atoms with van der Waals surface area (Å²) in [5.41, 5.74) is 4.08. The molecule has 32 heavy (non-hydrogen) atoms. The zero-order chi connectivity index (χ0) is 22.8. The number of benzene rings is 1. The second kappa shape index (κ2) is 9.06. The predicted molar refractivity (Wildman–Crippen MR) is 129 cm³/mol. The summed E-state index contributed by atoms with van der Waals surface area (Å²) >= 11 is 0. The van der Waals surface area contributed by atoms with Crippen LogP contribution < -0.4 is 14.8 Å². The Hall–Kier alpha value is -3.29. The minimum absolute atomic E-state index is 0.350. The van der Waals surface area contributed by atoms with Crippen LogP contribution in [0.15, 0.2) is 23.3 Å². The van der Waals surface area contributed by atoms with Crippen LogP contribution in [-0.4, -0.2) is 59.3 Å². The smallest absolute Gasteiger partial charge is 0.158 e. The van der Waals surface area contributed by atoms with E-state index in [0.29, 0.717) is 12.5 Å². The molecule has 3 aromatic rings. The number of ether oxygens (including phenoxy) is 2. The van der Waals surface area contributed by atoms with Gasteiger partial charge in [0.25, 0.3) is 0 Å². The van der Waals surface area contributed by atoms with Crippen molar-refractivity contribution in [2.24, 2.45) is 11.0 Å². The molecule has 0 radical (unpaired) electrons. The molecule has 0 aliphatic carbocycles. The van der Waals surface area contributed by atoms with Crippen molar-refractivity contribution in [3.63, 3.8) is 0 Å². The summed E-state index contributed by atoms with van der Waals surface area (Å²) in [4.78, 5) is 0. The van der Waals surface area contributed by atoms with Gasteiger partial charge in [-0.1, -0.05) is 0 Å². The van der Waals surface area contributed by atoms with Crippen LogP contribution in [0, 0.1) is 26.7 Å². The molecule has 0 fully saturated rings. The van der Waals surface area contributed by atoms with Crippen LogP contribution in [0.25, 0.3) is 16.5 Å². The molecule has 1 atom stereocenters. The number of nitrogens with zero attached hydrogens (tertiary/aromatic N) is 5. The maximum atomic E-state index is 5.72. The van der Waals surface area contributed by atoms with Crippen LogP contribution in [0.5, 0.6) is 11.5 Å². The lowest BCUT2D eigenvalue weighted by molar-refractivity contribution is 0.314. The van der Waals surface area contributed by atoms with Gasteiger partial charge in [-0.15, -0.1) is 5.10 Å². The molecule has 0 amide bonds. The van der Waals surface area contributed by atoms with E-state index >= 15 is 0 Å². The Morgan fingerprint density at radius 2 is 1.88 bits per heavy atom. The van der Waals surface area contributed by atoms with Crippen molar-refractivity contribution in [2.45, 2.75) is 34.6 Å². The summed E-state index contributed by atoms with van der Waals surface area (Å²) < 4.78 is 13.6. The Kier molecular flexibility index (Phi) is 6.21. The van der Waals surface area contributed by atoms with Gasteiger partial charge in [-0.25, -0.2) is 0 Å². The first-order valence-electron chi connectivity index (χ1n) is 11.2. The normalized spacial score (nSPS) is 15.6. The highest BCUT2D eigenvalue weighted by molar-refractivity contribution is 5.98. The predicted octanol–water partition coefficient (Wildman–Crippen LogP) is 4.10. The van der Waals surface area contributed by atoms with Crippen molar-refractivity contribution in [2.75, 3.05) is 38.7 Å². The summed E-state index contributed by atoms with van der Waals surface area (Å²) in [5, 5.41) is 21.2. The van der Waals surface area contributed by atoms with Gasteiger partial charge < -0.3 is 19.4 Å². The van der Waals surface area contributed by atoms with E-state index in [2.05, 4.69) is 51.0 Å². The summed E-state index contributed by atoms with van der Waals surface area (Å²) in [6, 6.07) is 5.95. The Morgan fingerprint density at radius 1 is 1.09 bits per heavy atom. The molecule has 8 nitrogen and oxygen atoms in total. The van der Waals surface area contributed by atoms with E-state index in [1.165, 1.54) is 0 Å². The van der Waals surface area contributed by atoms with Gasteiger partial charge in [0.2, 0.25) is 0 Å². The number of nitrogens with one attached hydrogen (secondary N) is 1. The van der Waals surface area contributed by atoms with Crippen molar-refractivity contribution in [1.29, 1.82) is 0 Å². The van der Waals surface area contributed by atoms with Crippen molar-refractivity contribution in [3.8, 4) is 17.2 Å². The van der Waals surface area contributed by atoms with E-state index < -0.39 is 0 Å². The van der Waals surface area contributed by atoms with E-state index in [1.807, 2.05) is 38.3 Å². The van der Waals surface area contributed by atoms with Crippen molar-refractivity contribution in [1.82, 2.24) is 19.8 Å². The van der Waals surface area contributed by atoms with E-state index in [9.17, 15) is 0 Å². The Labute approximate surface area is 189 Å². The molecule has 0 saturated heterocycles. The number of rotatable bonds is 8. The second-order valence-electron chi connectivity index (χ2n) is 8.07. The largest absolute Gasteiger partial charge is 0.494 e. The molecule has 8 heteroatoms. The van der Waals surface area contributed by atoms with Gasteiger partial charge in [0.1, 0.15) is 11.5 Å². The van der Waals surface area contributed by atoms with Crippen LogP contribution in [0.2, 0.25) is 0 Å². The summed E-state index contributed by atoms with van der Waals surface area (Å²) in [5.74, 6) is 2.71. The zero-order valence-electron chi connectivity index (χ0n) is 19.8. The molecule has 1 N–H and O–H groups in total. The summed E-state index contributed by atoms with van der Waals surface area (Å²) in [6.45, 7) is 13.6. The molecule has 3 heterocycles. The van der Waals surface area contributed by atoms with Crippen LogP contribution >= 0.6 is 0 Å². The van der Waals surface area contributed by atoms with Gasteiger partial charge in [-0.3, -0.25) is 5.01 Å². The highest BCUT2D eigenvalue weighted by Gasteiger charge is 2.22. The van der Waals surface area contributed by atoms with E-state index in [4.69, 9.17) is 9.47 Å². The Bertz CT molecular complexity index is 1150. The van der Waals surface area contributed by atoms with Gasteiger partial charge in [0, 0.05) is 60.0 Å². The number of aromatic nitrogens is 3. The molecule has 4 rings (SSSR count). The number of anilines is 1. The summed E-state index contributed by atoms with van der Waals surface area (Å²) in [6.07, 6.45) is 2.02. The van der Waals surface area contributed by atoms with Gasteiger partial charge in [0.05, 0.1) is 25.1 Å². The third-order valence-corrected chi connectivity index (χ3v) is 6.03. The second-order valence-corrected chi connectivity index (χ2v) is 8.07.